The number of carbonyl (C=O) groups is 2. The molecule has 3 aromatic rings. The van der Waals surface area contributed by atoms with Crippen LogP contribution in [0, 0.1) is 27.7 Å². The summed E-state index contributed by atoms with van der Waals surface area (Å²) in [5.74, 6) is 1.30. The van der Waals surface area contributed by atoms with E-state index in [1.54, 1.807) is 32.8 Å². The molecule has 2 amide bonds. The van der Waals surface area contributed by atoms with Crippen LogP contribution in [0.1, 0.15) is 38.8 Å². The molecule has 0 bridgehead atoms. The van der Waals surface area contributed by atoms with Crippen molar-refractivity contribution in [2.75, 3.05) is 26.2 Å². The zero-order chi connectivity index (χ0) is 22.1. The van der Waals surface area contributed by atoms with Crippen molar-refractivity contribution in [3.8, 4) is 5.82 Å². The van der Waals surface area contributed by atoms with Crippen molar-refractivity contribution in [2.45, 2.75) is 34.1 Å². The Bertz CT molecular complexity index is 1090. The van der Waals surface area contributed by atoms with Crippen LogP contribution in [-0.2, 0) is 11.2 Å². The molecular formula is C22H26N6O3. The van der Waals surface area contributed by atoms with Crippen molar-refractivity contribution in [2.24, 2.45) is 0 Å². The molecule has 3 aromatic heterocycles. The number of hydrogen-bond donors (Lipinski definition) is 0. The minimum atomic E-state index is -0.0785. The number of aromatic nitrogens is 4. The van der Waals surface area contributed by atoms with Crippen molar-refractivity contribution in [1.82, 2.24) is 29.7 Å². The normalized spacial score (nSPS) is 14.2. The summed E-state index contributed by atoms with van der Waals surface area (Å²) in [4.78, 5) is 33.5. The van der Waals surface area contributed by atoms with Gasteiger partial charge in [0.2, 0.25) is 5.91 Å². The highest BCUT2D eigenvalue weighted by Crippen LogP contribution is 2.16. The van der Waals surface area contributed by atoms with Gasteiger partial charge < -0.3 is 14.3 Å². The number of rotatable bonds is 4. The molecule has 4 rings (SSSR count). The summed E-state index contributed by atoms with van der Waals surface area (Å²) in [5, 5.41) is 8.32. The highest BCUT2D eigenvalue weighted by molar-refractivity contribution is 5.94. The molecule has 4 heterocycles. The van der Waals surface area contributed by atoms with Crippen LogP contribution in [0.3, 0.4) is 0 Å². The fourth-order valence-electron chi connectivity index (χ4n) is 3.86. The lowest BCUT2D eigenvalue weighted by molar-refractivity contribution is -0.131. The summed E-state index contributed by atoms with van der Waals surface area (Å²) in [7, 11) is 0. The van der Waals surface area contributed by atoms with Gasteiger partial charge in [-0.25, -0.2) is 9.67 Å². The molecular weight excluding hydrogens is 396 g/mol. The van der Waals surface area contributed by atoms with Gasteiger partial charge in [0.1, 0.15) is 5.76 Å². The lowest BCUT2D eigenvalue weighted by atomic mass is 10.1. The first kappa shape index (κ1) is 20.8. The second-order valence-electron chi connectivity index (χ2n) is 7.90. The van der Waals surface area contributed by atoms with Crippen LogP contribution in [0.25, 0.3) is 5.82 Å². The summed E-state index contributed by atoms with van der Waals surface area (Å²) in [5.41, 5.74) is 4.02. The molecule has 0 N–H and O–H groups in total. The van der Waals surface area contributed by atoms with Gasteiger partial charge in [0.25, 0.3) is 5.91 Å². The topological polar surface area (TPSA) is 97.4 Å². The first-order valence-electron chi connectivity index (χ1n) is 10.3. The van der Waals surface area contributed by atoms with Crippen LogP contribution >= 0.6 is 0 Å². The second-order valence-corrected chi connectivity index (χ2v) is 7.90. The lowest BCUT2D eigenvalue weighted by Gasteiger charge is -2.34. The third-order valence-electron chi connectivity index (χ3n) is 5.65. The summed E-state index contributed by atoms with van der Waals surface area (Å²) in [6.45, 7) is 9.54. The number of amides is 2. The smallest absolute Gasteiger partial charge is 0.255 e. The van der Waals surface area contributed by atoms with E-state index in [-0.39, 0.29) is 18.2 Å². The quantitative estimate of drug-likeness (QED) is 0.638. The van der Waals surface area contributed by atoms with E-state index in [9.17, 15) is 9.59 Å². The molecule has 9 heteroatoms. The van der Waals surface area contributed by atoms with E-state index in [2.05, 4.69) is 15.2 Å². The Kier molecular flexibility index (Phi) is 5.58. The summed E-state index contributed by atoms with van der Waals surface area (Å²) >= 11 is 0. The Labute approximate surface area is 180 Å². The standard InChI is InChI=1S/C22H26N6O3/c1-14-11-15(2)28(24-14)20-6-5-18(13-23-20)22(30)27-9-7-26(8-10-27)21(29)12-19-16(3)25-31-17(19)4/h5-6,11,13H,7-10,12H2,1-4H3. The van der Waals surface area contributed by atoms with Crippen LogP contribution in [0.15, 0.2) is 28.9 Å². The Morgan fingerprint density at radius 3 is 2.29 bits per heavy atom. The van der Waals surface area contributed by atoms with Crippen molar-refractivity contribution in [3.05, 3.63) is 58.4 Å². The number of piperazine rings is 1. The molecule has 1 aliphatic rings. The highest BCUT2D eigenvalue weighted by Gasteiger charge is 2.26. The van der Waals surface area contributed by atoms with Crippen LogP contribution in [-0.4, -0.2) is 67.7 Å². The minimum Gasteiger partial charge on any atom is -0.361 e. The average molecular weight is 422 g/mol. The molecule has 0 aromatic carbocycles. The van der Waals surface area contributed by atoms with Gasteiger partial charge in [-0.15, -0.1) is 0 Å². The maximum absolute atomic E-state index is 12.9. The minimum absolute atomic E-state index is 0.0254. The first-order chi connectivity index (χ1) is 14.8. The molecule has 0 spiro atoms. The fourth-order valence-corrected chi connectivity index (χ4v) is 3.86. The van der Waals surface area contributed by atoms with Gasteiger partial charge in [0, 0.05) is 43.6 Å². The third-order valence-corrected chi connectivity index (χ3v) is 5.65. The SMILES string of the molecule is Cc1cc(C)n(-c2ccc(C(=O)N3CCN(C(=O)Cc4c(C)noc4C)CC3)cn2)n1. The number of aryl methyl sites for hydroxylation is 4. The van der Waals surface area contributed by atoms with E-state index in [1.165, 1.54) is 0 Å². The molecule has 0 aliphatic carbocycles. The number of hydrogen-bond acceptors (Lipinski definition) is 6. The maximum Gasteiger partial charge on any atom is 0.255 e. The third kappa shape index (κ3) is 4.21. The van der Waals surface area contributed by atoms with Gasteiger partial charge in [0.05, 0.1) is 23.4 Å². The molecule has 0 saturated carbocycles. The van der Waals surface area contributed by atoms with Gasteiger partial charge in [-0.05, 0) is 45.9 Å². The second kappa shape index (κ2) is 8.33. The zero-order valence-corrected chi connectivity index (χ0v) is 18.3. The maximum atomic E-state index is 12.9. The van der Waals surface area contributed by atoms with Gasteiger partial charge in [-0.2, -0.15) is 5.10 Å². The first-order valence-corrected chi connectivity index (χ1v) is 10.3. The van der Waals surface area contributed by atoms with Gasteiger partial charge in [-0.3, -0.25) is 9.59 Å². The van der Waals surface area contributed by atoms with Crippen LogP contribution < -0.4 is 0 Å². The van der Waals surface area contributed by atoms with Crippen LogP contribution in [0.4, 0.5) is 0 Å². The van der Waals surface area contributed by atoms with E-state index in [4.69, 9.17) is 4.52 Å². The van der Waals surface area contributed by atoms with E-state index < -0.39 is 0 Å². The van der Waals surface area contributed by atoms with Crippen molar-refractivity contribution >= 4 is 11.8 Å². The van der Waals surface area contributed by atoms with E-state index in [0.717, 1.165) is 22.6 Å². The predicted octanol–water partition coefficient (Wildman–Crippen LogP) is 2.02. The Morgan fingerprint density at radius 2 is 1.74 bits per heavy atom. The van der Waals surface area contributed by atoms with Crippen molar-refractivity contribution < 1.29 is 14.1 Å². The Hall–Kier alpha value is -3.49. The molecule has 0 radical (unpaired) electrons. The zero-order valence-electron chi connectivity index (χ0n) is 18.3. The van der Waals surface area contributed by atoms with E-state index in [0.29, 0.717) is 43.3 Å². The summed E-state index contributed by atoms with van der Waals surface area (Å²) in [6.07, 6.45) is 1.86. The molecule has 0 atom stereocenters. The molecule has 1 aliphatic heterocycles. The number of carbonyl (C=O) groups excluding carboxylic acids is 2. The average Bonchev–Trinajstić information content (AvgIpc) is 3.28. The highest BCUT2D eigenvalue weighted by atomic mass is 16.5. The Balaban J connectivity index is 1.36. The number of nitrogens with zero attached hydrogens (tertiary/aromatic N) is 6. The van der Waals surface area contributed by atoms with Crippen molar-refractivity contribution in [3.63, 3.8) is 0 Å². The number of pyridine rings is 1. The molecule has 1 saturated heterocycles. The van der Waals surface area contributed by atoms with Crippen LogP contribution in [0.5, 0.6) is 0 Å². The van der Waals surface area contributed by atoms with Gasteiger partial charge >= 0.3 is 0 Å². The summed E-state index contributed by atoms with van der Waals surface area (Å²) < 4.78 is 6.90. The molecule has 9 nitrogen and oxygen atoms in total. The van der Waals surface area contributed by atoms with Gasteiger partial charge in [0.15, 0.2) is 5.82 Å². The molecule has 31 heavy (non-hydrogen) atoms. The van der Waals surface area contributed by atoms with E-state index >= 15 is 0 Å². The molecule has 1 fully saturated rings. The largest absolute Gasteiger partial charge is 0.361 e. The Morgan fingerprint density at radius 1 is 1.03 bits per heavy atom. The predicted molar refractivity (Wildman–Crippen MR) is 113 cm³/mol. The molecule has 162 valence electrons. The van der Waals surface area contributed by atoms with E-state index in [1.807, 2.05) is 33.8 Å². The fraction of sp³-hybridized carbons (Fsp3) is 0.409. The molecule has 0 unspecified atom stereocenters. The van der Waals surface area contributed by atoms with Gasteiger partial charge in [-0.1, -0.05) is 5.16 Å². The van der Waals surface area contributed by atoms with Crippen LogP contribution in [0.2, 0.25) is 0 Å². The monoisotopic (exact) mass is 422 g/mol. The summed E-state index contributed by atoms with van der Waals surface area (Å²) in [6, 6.07) is 5.55. The van der Waals surface area contributed by atoms with Crippen molar-refractivity contribution in [1.29, 1.82) is 0 Å². The lowest BCUT2D eigenvalue weighted by Crippen LogP contribution is -2.51.